The van der Waals surface area contributed by atoms with Crippen LogP contribution in [0.2, 0.25) is 0 Å². The largest absolute Gasteiger partial charge is 1.00 e. The van der Waals surface area contributed by atoms with Crippen molar-refractivity contribution in [3.8, 4) is 0 Å². The zero-order chi connectivity index (χ0) is 14.0. The third-order valence-corrected chi connectivity index (χ3v) is 2.86. The van der Waals surface area contributed by atoms with Crippen LogP contribution in [0.5, 0.6) is 0 Å². The van der Waals surface area contributed by atoms with Gasteiger partial charge < -0.3 is 21.7 Å². The highest BCUT2D eigenvalue weighted by atomic mass is 79.9. The van der Waals surface area contributed by atoms with E-state index in [2.05, 4.69) is 13.0 Å². The van der Waals surface area contributed by atoms with Crippen LogP contribution < -0.4 is 21.5 Å². The van der Waals surface area contributed by atoms with Crippen LogP contribution in [0, 0.1) is 6.92 Å². The van der Waals surface area contributed by atoms with E-state index in [9.17, 15) is 4.79 Å². The Bertz CT molecular complexity index is 617. The molecule has 0 bridgehead atoms. The van der Waals surface area contributed by atoms with E-state index in [1.54, 1.807) is 0 Å². The molecule has 2 rings (SSSR count). The number of carbonyl (C=O) groups is 1. The molecule has 0 aliphatic heterocycles. The molecule has 0 N–H and O–H groups in total. The molecule has 0 saturated carbocycles. The third kappa shape index (κ3) is 4.04. The monoisotopic (exact) mass is 337 g/mol. The minimum absolute atomic E-state index is 0. The van der Waals surface area contributed by atoms with Gasteiger partial charge in [0.25, 0.3) is 0 Å². The Balaban J connectivity index is 0.00000200. The molecule has 0 saturated heterocycles. The number of hydrogen-bond donors (Lipinski definition) is 0. The fourth-order valence-corrected chi connectivity index (χ4v) is 2.08. The summed E-state index contributed by atoms with van der Waals surface area (Å²) in [4.78, 5) is 11.9. The lowest BCUT2D eigenvalue weighted by molar-refractivity contribution is -0.660. The smallest absolute Gasteiger partial charge is 0.373 e. The van der Waals surface area contributed by atoms with Crippen molar-refractivity contribution >= 4 is 16.9 Å². The van der Waals surface area contributed by atoms with Crippen molar-refractivity contribution < 1.29 is 31.1 Å². The molecule has 0 radical (unpaired) electrons. The van der Waals surface area contributed by atoms with Gasteiger partial charge in [0.1, 0.15) is 5.60 Å². The van der Waals surface area contributed by atoms with E-state index in [0.717, 1.165) is 10.9 Å². The molecule has 0 spiro atoms. The predicted octanol–water partition coefficient (Wildman–Crippen LogP) is -0.219. The SMILES string of the molecule is Cc1cc[n+](CC(=O)OC(C)(C)C)c2ccccc12.[Br-]. The maximum absolute atomic E-state index is 11.9. The number of rotatable bonds is 2. The van der Waals surface area contributed by atoms with E-state index in [-0.39, 0.29) is 29.5 Å². The highest BCUT2D eigenvalue weighted by molar-refractivity contribution is 5.79. The first kappa shape index (κ1) is 16.6. The maximum atomic E-state index is 11.9. The van der Waals surface area contributed by atoms with E-state index < -0.39 is 5.60 Å². The standard InChI is InChI=1S/C16H20NO2.BrH/c1-12-9-10-17(11-15(18)19-16(2,3)4)14-8-6-5-7-13(12)14;/h5-10H,11H2,1-4H3;1H/q+1;/p-1. The summed E-state index contributed by atoms with van der Waals surface area (Å²) in [5, 5.41) is 1.16. The number of halogens is 1. The summed E-state index contributed by atoms with van der Waals surface area (Å²) in [5.74, 6) is -0.216. The second-order valence-electron chi connectivity index (χ2n) is 5.73. The summed E-state index contributed by atoms with van der Waals surface area (Å²) in [6, 6.07) is 10.1. The lowest BCUT2D eigenvalue weighted by Gasteiger charge is -2.18. The lowest BCUT2D eigenvalue weighted by atomic mass is 10.1. The van der Waals surface area contributed by atoms with E-state index in [1.807, 2.05) is 55.8 Å². The number of carbonyl (C=O) groups excluding carboxylic acids is 1. The van der Waals surface area contributed by atoms with Crippen molar-refractivity contribution in [1.82, 2.24) is 0 Å². The molecular formula is C16H20BrNO2. The van der Waals surface area contributed by atoms with E-state index >= 15 is 0 Å². The normalized spacial score (nSPS) is 11.0. The number of nitrogens with zero attached hydrogens (tertiary/aromatic N) is 1. The number of aryl methyl sites for hydroxylation is 1. The van der Waals surface area contributed by atoms with Gasteiger partial charge >= 0.3 is 5.97 Å². The van der Waals surface area contributed by atoms with Crippen LogP contribution in [-0.4, -0.2) is 11.6 Å². The van der Waals surface area contributed by atoms with Crippen LogP contribution >= 0.6 is 0 Å². The Morgan fingerprint density at radius 2 is 1.85 bits per heavy atom. The third-order valence-electron chi connectivity index (χ3n) is 2.86. The van der Waals surface area contributed by atoms with Crippen molar-refractivity contribution in [1.29, 1.82) is 0 Å². The Kier molecular flexibility index (Phi) is 5.28. The van der Waals surface area contributed by atoms with Crippen LogP contribution in [0.25, 0.3) is 10.9 Å². The Labute approximate surface area is 130 Å². The first-order chi connectivity index (χ1) is 8.87. The molecule has 2 aromatic rings. The molecule has 0 amide bonds. The van der Waals surface area contributed by atoms with Gasteiger partial charge in [-0.1, -0.05) is 12.1 Å². The quantitative estimate of drug-likeness (QED) is 0.560. The van der Waals surface area contributed by atoms with E-state index in [1.165, 1.54) is 5.56 Å². The molecule has 3 nitrogen and oxygen atoms in total. The number of ether oxygens (including phenoxy) is 1. The highest BCUT2D eigenvalue weighted by Crippen LogP contribution is 2.14. The summed E-state index contributed by atoms with van der Waals surface area (Å²) >= 11 is 0. The van der Waals surface area contributed by atoms with Gasteiger partial charge in [0.05, 0.1) is 0 Å². The van der Waals surface area contributed by atoms with Gasteiger partial charge in [0, 0.05) is 17.5 Å². The molecule has 0 unspecified atom stereocenters. The number of benzene rings is 1. The van der Waals surface area contributed by atoms with Crippen LogP contribution in [0.4, 0.5) is 0 Å². The summed E-state index contributed by atoms with van der Waals surface area (Å²) in [6.07, 6.45) is 1.93. The van der Waals surface area contributed by atoms with Gasteiger partial charge in [-0.3, -0.25) is 0 Å². The molecule has 0 aliphatic carbocycles. The van der Waals surface area contributed by atoms with Crippen LogP contribution in [0.15, 0.2) is 36.5 Å². The average molecular weight is 338 g/mol. The first-order valence-electron chi connectivity index (χ1n) is 6.46. The van der Waals surface area contributed by atoms with E-state index in [0.29, 0.717) is 0 Å². The topological polar surface area (TPSA) is 30.2 Å². The number of hydrogen-bond acceptors (Lipinski definition) is 2. The van der Waals surface area contributed by atoms with Crippen LogP contribution in [0.1, 0.15) is 26.3 Å². The van der Waals surface area contributed by atoms with Gasteiger partial charge in [-0.25, -0.2) is 4.79 Å². The fourth-order valence-electron chi connectivity index (χ4n) is 2.08. The van der Waals surface area contributed by atoms with Gasteiger partial charge in [-0.2, -0.15) is 4.57 Å². The number of fused-ring (bicyclic) bond motifs is 1. The second kappa shape index (κ2) is 6.35. The first-order valence-corrected chi connectivity index (χ1v) is 6.46. The fraction of sp³-hybridized carbons (Fsp3) is 0.375. The lowest BCUT2D eigenvalue weighted by Crippen LogP contribution is -3.00. The molecule has 1 aromatic carbocycles. The molecule has 108 valence electrons. The zero-order valence-electron chi connectivity index (χ0n) is 12.3. The van der Waals surface area contributed by atoms with Crippen molar-refractivity contribution in [3.63, 3.8) is 0 Å². The highest BCUT2D eigenvalue weighted by Gasteiger charge is 2.21. The molecule has 20 heavy (non-hydrogen) atoms. The second-order valence-corrected chi connectivity index (χ2v) is 5.73. The Morgan fingerprint density at radius 3 is 2.50 bits per heavy atom. The summed E-state index contributed by atoms with van der Waals surface area (Å²) < 4.78 is 7.29. The van der Waals surface area contributed by atoms with Crippen LogP contribution in [0.3, 0.4) is 0 Å². The summed E-state index contributed by atoms with van der Waals surface area (Å²) in [6.45, 7) is 7.94. The maximum Gasteiger partial charge on any atom is 0.373 e. The van der Waals surface area contributed by atoms with Gasteiger partial charge in [-0.05, 0) is 39.3 Å². The molecule has 1 heterocycles. The molecule has 0 aliphatic rings. The summed E-state index contributed by atoms with van der Waals surface area (Å²) in [5.41, 5.74) is 1.81. The number of esters is 1. The van der Waals surface area contributed by atoms with Gasteiger partial charge in [0.2, 0.25) is 12.1 Å². The number of para-hydroxylation sites is 1. The molecule has 4 heteroatoms. The molecule has 0 atom stereocenters. The van der Waals surface area contributed by atoms with Crippen LogP contribution in [-0.2, 0) is 16.1 Å². The zero-order valence-corrected chi connectivity index (χ0v) is 13.9. The molecular weight excluding hydrogens is 318 g/mol. The van der Waals surface area contributed by atoms with E-state index in [4.69, 9.17) is 4.74 Å². The minimum atomic E-state index is -0.446. The van der Waals surface area contributed by atoms with Gasteiger partial charge in [-0.15, -0.1) is 0 Å². The minimum Gasteiger partial charge on any atom is -1.00 e. The average Bonchev–Trinajstić information content (AvgIpc) is 2.31. The Morgan fingerprint density at radius 1 is 1.20 bits per heavy atom. The Hall–Kier alpha value is -1.42. The summed E-state index contributed by atoms with van der Waals surface area (Å²) in [7, 11) is 0. The number of pyridine rings is 1. The van der Waals surface area contributed by atoms with Crippen molar-refractivity contribution in [2.75, 3.05) is 0 Å². The predicted molar refractivity (Wildman–Crippen MR) is 74.7 cm³/mol. The van der Waals surface area contributed by atoms with Gasteiger partial charge in [0.15, 0.2) is 6.20 Å². The van der Waals surface area contributed by atoms with Crippen molar-refractivity contribution in [2.45, 2.75) is 39.8 Å². The molecule has 0 fully saturated rings. The van der Waals surface area contributed by atoms with Crippen molar-refractivity contribution in [2.24, 2.45) is 0 Å². The molecule has 1 aromatic heterocycles. The number of aromatic nitrogens is 1. The van der Waals surface area contributed by atoms with Crippen molar-refractivity contribution in [3.05, 3.63) is 42.1 Å².